The van der Waals surface area contributed by atoms with E-state index in [1.54, 1.807) is 0 Å². The first-order chi connectivity index (χ1) is 8.50. The lowest BCUT2D eigenvalue weighted by atomic mass is 10.1. The highest BCUT2D eigenvalue weighted by Gasteiger charge is 2.19. The van der Waals surface area contributed by atoms with E-state index in [4.69, 9.17) is 0 Å². The molecule has 3 heteroatoms. The van der Waals surface area contributed by atoms with Gasteiger partial charge in [-0.1, -0.05) is 58.3 Å². The van der Waals surface area contributed by atoms with Crippen molar-refractivity contribution in [1.82, 2.24) is 0 Å². The third-order valence-electron chi connectivity index (χ3n) is 4.10. The van der Waals surface area contributed by atoms with Gasteiger partial charge in [-0.2, -0.15) is 0 Å². The summed E-state index contributed by atoms with van der Waals surface area (Å²) >= 11 is 0. The van der Waals surface area contributed by atoms with Crippen LogP contribution in [0.25, 0.3) is 0 Å². The van der Waals surface area contributed by atoms with Crippen LogP contribution in [0.4, 0.5) is 0 Å². The molecular formula is C16H37NO2. The van der Waals surface area contributed by atoms with Gasteiger partial charge in [0.1, 0.15) is 0 Å². The number of hydrogen-bond acceptors (Lipinski definition) is 2. The Morgan fingerprint density at radius 1 is 0.789 bits per heavy atom. The molecule has 0 aliphatic rings. The van der Waals surface area contributed by atoms with Crippen LogP contribution in [0.15, 0.2) is 0 Å². The molecule has 2 N–H and O–H groups in total. The van der Waals surface area contributed by atoms with Crippen LogP contribution >= 0.6 is 0 Å². The summed E-state index contributed by atoms with van der Waals surface area (Å²) < 4.78 is 0.733. The van der Waals surface area contributed by atoms with Gasteiger partial charge in [0.25, 0.3) is 0 Å². The fourth-order valence-corrected chi connectivity index (χ4v) is 2.19. The molecule has 0 saturated carbocycles. The summed E-state index contributed by atoms with van der Waals surface area (Å²) in [4.78, 5) is 0. The summed E-state index contributed by atoms with van der Waals surface area (Å²) in [6.07, 6.45) is 13.5. The van der Waals surface area contributed by atoms with Gasteiger partial charge in [0, 0.05) is 6.92 Å². The van der Waals surface area contributed by atoms with Gasteiger partial charge in [0.2, 0.25) is 0 Å². The first kappa shape index (κ1) is 21.2. The summed E-state index contributed by atoms with van der Waals surface area (Å²) in [7, 11) is 4.22. The Bertz CT molecular complexity index is 182. The van der Waals surface area contributed by atoms with Crippen molar-refractivity contribution in [2.75, 3.05) is 20.6 Å². The Morgan fingerprint density at radius 3 is 1.53 bits per heavy atom. The van der Waals surface area contributed by atoms with Crippen molar-refractivity contribution in [2.24, 2.45) is 0 Å². The Balaban J connectivity index is 0. The van der Waals surface area contributed by atoms with Crippen LogP contribution < -0.4 is 0 Å². The predicted octanol–water partition coefficient (Wildman–Crippen LogP) is 4.15. The van der Waals surface area contributed by atoms with Crippen molar-refractivity contribution < 1.29 is 15.1 Å². The average Bonchev–Trinajstić information content (AvgIpc) is 2.31. The van der Waals surface area contributed by atoms with Crippen LogP contribution in [0.2, 0.25) is 0 Å². The average molecular weight is 275 g/mol. The van der Waals surface area contributed by atoms with Crippen LogP contribution in [-0.4, -0.2) is 41.9 Å². The van der Waals surface area contributed by atoms with E-state index in [-0.39, 0.29) is 11.7 Å². The molecule has 0 fully saturated rings. The number of quaternary nitrogens is 1. The molecule has 0 radical (unpaired) electrons. The summed E-state index contributed by atoms with van der Waals surface area (Å²) in [5.41, 5.74) is 0. The monoisotopic (exact) mass is 275 g/mol. The Hall–Kier alpha value is -0.120. The van der Waals surface area contributed by atoms with Crippen molar-refractivity contribution in [2.45, 2.75) is 84.3 Å². The molecule has 0 aromatic rings. The maximum absolute atomic E-state index is 9.60. The molecule has 0 saturated heterocycles. The van der Waals surface area contributed by atoms with Gasteiger partial charge >= 0.3 is 0 Å². The smallest absolute Gasteiger partial charge is 0.187 e. The fraction of sp³-hybridized carbons (Fsp3) is 1.00. The SMILES string of the molecule is CCCCCCCCCCCC[N+](C)(C)C(C)O.[OH-]. The zero-order valence-corrected chi connectivity index (χ0v) is 13.7. The second-order valence-electron chi connectivity index (χ2n) is 6.32. The van der Waals surface area contributed by atoms with Gasteiger partial charge in [0.05, 0.1) is 20.6 Å². The molecule has 0 rings (SSSR count). The van der Waals surface area contributed by atoms with E-state index in [2.05, 4.69) is 21.0 Å². The molecule has 3 nitrogen and oxygen atoms in total. The van der Waals surface area contributed by atoms with E-state index in [0.29, 0.717) is 0 Å². The number of nitrogens with zero attached hydrogens (tertiary/aromatic N) is 1. The second-order valence-corrected chi connectivity index (χ2v) is 6.32. The molecule has 19 heavy (non-hydrogen) atoms. The van der Waals surface area contributed by atoms with Crippen molar-refractivity contribution in [3.8, 4) is 0 Å². The minimum Gasteiger partial charge on any atom is -0.870 e. The predicted molar refractivity (Wildman–Crippen MR) is 82.4 cm³/mol. The molecule has 0 aromatic carbocycles. The third kappa shape index (κ3) is 12.6. The van der Waals surface area contributed by atoms with Crippen molar-refractivity contribution >= 4 is 0 Å². The topological polar surface area (TPSA) is 50.2 Å². The largest absolute Gasteiger partial charge is 0.870 e. The summed E-state index contributed by atoms with van der Waals surface area (Å²) in [5.74, 6) is 0. The highest BCUT2D eigenvalue weighted by atomic mass is 16.3. The maximum atomic E-state index is 9.60. The van der Waals surface area contributed by atoms with Crippen molar-refractivity contribution in [3.63, 3.8) is 0 Å². The Labute approximate surface area is 120 Å². The third-order valence-corrected chi connectivity index (χ3v) is 4.10. The summed E-state index contributed by atoms with van der Waals surface area (Å²) in [6.45, 7) is 5.25. The normalized spacial score (nSPS) is 13.1. The lowest BCUT2D eigenvalue weighted by Gasteiger charge is -2.32. The molecule has 118 valence electrons. The van der Waals surface area contributed by atoms with Crippen molar-refractivity contribution in [1.29, 1.82) is 0 Å². The van der Waals surface area contributed by atoms with E-state index in [1.165, 1.54) is 64.2 Å². The molecule has 1 unspecified atom stereocenters. The molecule has 0 amide bonds. The van der Waals surface area contributed by atoms with Gasteiger partial charge in [-0.3, -0.25) is 0 Å². The zero-order valence-electron chi connectivity index (χ0n) is 13.7. The van der Waals surface area contributed by atoms with Crippen LogP contribution in [0.5, 0.6) is 0 Å². The highest BCUT2D eigenvalue weighted by molar-refractivity contribution is 4.47. The Kier molecular flexibility index (Phi) is 14.4. The highest BCUT2D eigenvalue weighted by Crippen LogP contribution is 2.12. The molecule has 0 heterocycles. The second kappa shape index (κ2) is 12.9. The number of hydrogen-bond donors (Lipinski definition) is 1. The lowest BCUT2D eigenvalue weighted by Crippen LogP contribution is -2.47. The van der Waals surface area contributed by atoms with E-state index in [0.717, 1.165) is 11.0 Å². The minimum absolute atomic E-state index is 0. The van der Waals surface area contributed by atoms with Gasteiger partial charge in [-0.05, 0) is 12.8 Å². The van der Waals surface area contributed by atoms with Gasteiger partial charge < -0.3 is 15.1 Å². The lowest BCUT2D eigenvalue weighted by molar-refractivity contribution is -0.934. The van der Waals surface area contributed by atoms with Crippen LogP contribution in [0, 0.1) is 0 Å². The number of aliphatic hydroxyl groups excluding tert-OH is 1. The molecular weight excluding hydrogens is 238 g/mol. The number of rotatable bonds is 12. The molecule has 0 aliphatic heterocycles. The number of aliphatic hydroxyl groups is 1. The Morgan fingerprint density at radius 2 is 1.16 bits per heavy atom. The fourth-order valence-electron chi connectivity index (χ4n) is 2.19. The molecule has 1 atom stereocenters. The first-order valence-corrected chi connectivity index (χ1v) is 8.01. The molecule has 0 spiro atoms. The van der Waals surface area contributed by atoms with E-state index < -0.39 is 0 Å². The van der Waals surface area contributed by atoms with Gasteiger partial charge in [0.15, 0.2) is 6.23 Å². The minimum atomic E-state index is -0.247. The van der Waals surface area contributed by atoms with Crippen LogP contribution in [0.1, 0.15) is 78.1 Å². The van der Waals surface area contributed by atoms with Crippen LogP contribution in [-0.2, 0) is 0 Å². The van der Waals surface area contributed by atoms with Crippen LogP contribution in [0.3, 0.4) is 0 Å². The quantitative estimate of drug-likeness (QED) is 0.330. The summed E-state index contributed by atoms with van der Waals surface area (Å²) in [6, 6.07) is 0. The number of unbranched alkanes of at least 4 members (excludes halogenated alkanes) is 9. The van der Waals surface area contributed by atoms with Crippen molar-refractivity contribution in [3.05, 3.63) is 0 Å². The van der Waals surface area contributed by atoms with E-state index in [9.17, 15) is 5.11 Å². The molecule has 0 aromatic heterocycles. The summed E-state index contributed by atoms with van der Waals surface area (Å²) in [5, 5.41) is 9.60. The zero-order chi connectivity index (χ0) is 13.9. The standard InChI is InChI=1S/C16H36NO.H2O/c1-5-6-7-8-9-10-11-12-13-14-15-17(3,4)16(2)18;/h16,18H,5-15H2,1-4H3;1H2/q+1;/p-1. The molecule has 0 bridgehead atoms. The van der Waals surface area contributed by atoms with E-state index in [1.807, 2.05) is 6.92 Å². The molecule has 0 aliphatic carbocycles. The van der Waals surface area contributed by atoms with Gasteiger partial charge in [-0.15, -0.1) is 0 Å². The maximum Gasteiger partial charge on any atom is 0.187 e. The van der Waals surface area contributed by atoms with Gasteiger partial charge in [-0.25, -0.2) is 0 Å². The first-order valence-electron chi connectivity index (χ1n) is 8.01. The van der Waals surface area contributed by atoms with E-state index >= 15 is 0 Å².